The number of ether oxygens (including phenoxy) is 1. The van der Waals surface area contributed by atoms with Gasteiger partial charge in [0.1, 0.15) is 11.6 Å². The van der Waals surface area contributed by atoms with Crippen LogP contribution >= 0.6 is 11.6 Å². The van der Waals surface area contributed by atoms with Gasteiger partial charge in [0.05, 0.1) is 23.7 Å². The summed E-state index contributed by atoms with van der Waals surface area (Å²) in [6.45, 7) is 5.83. The quantitative estimate of drug-likeness (QED) is 0.520. The number of methoxy groups -OCH3 is 1. The summed E-state index contributed by atoms with van der Waals surface area (Å²) in [6, 6.07) is 14.4. The summed E-state index contributed by atoms with van der Waals surface area (Å²) >= 11 is 6.10. The first-order valence-electron chi connectivity index (χ1n) is 13.2. The van der Waals surface area contributed by atoms with Crippen molar-refractivity contribution >= 4 is 23.3 Å². The molecule has 3 aromatic rings. The number of likely N-dealkylation sites (tertiary alicyclic amines) is 1. The summed E-state index contributed by atoms with van der Waals surface area (Å²) in [5, 5.41) is 16.8. The topological polar surface area (TPSA) is 101 Å². The van der Waals surface area contributed by atoms with Gasteiger partial charge in [-0.2, -0.15) is 5.10 Å². The number of hydrogen-bond acceptors (Lipinski definition) is 7. The Morgan fingerprint density at radius 1 is 1.03 bits per heavy atom. The predicted octanol–water partition coefficient (Wildman–Crippen LogP) is 3.06. The van der Waals surface area contributed by atoms with E-state index in [4.69, 9.17) is 16.3 Å². The zero-order chi connectivity index (χ0) is 27.9. The average molecular weight is 552 g/mol. The summed E-state index contributed by atoms with van der Waals surface area (Å²) in [5.41, 5.74) is 0.354. The molecular formula is C29H34ClN5O4. The number of carbonyl (C=O) groups excluding carboxylic acids is 1. The van der Waals surface area contributed by atoms with Crippen LogP contribution in [0.25, 0.3) is 0 Å². The SMILES string of the molecule is COc1ccc(C2(O)[C@H](C)CN(C(=O)[C@H]3CN(c4ccc(=O)n(C)n4)C[C@H]3c3ccc(Cl)cn3)C[C@@H]2C)cc1. The minimum Gasteiger partial charge on any atom is -0.497 e. The van der Waals surface area contributed by atoms with Crippen LogP contribution in [0.15, 0.2) is 59.5 Å². The van der Waals surface area contributed by atoms with E-state index in [-0.39, 0.29) is 35.1 Å². The number of pyridine rings is 1. The third-order valence-electron chi connectivity index (χ3n) is 8.39. The van der Waals surface area contributed by atoms with Crippen LogP contribution in [0.1, 0.15) is 31.0 Å². The van der Waals surface area contributed by atoms with Crippen LogP contribution in [-0.4, -0.2) is 64.0 Å². The van der Waals surface area contributed by atoms with Crippen molar-refractivity contribution in [1.82, 2.24) is 19.7 Å². The van der Waals surface area contributed by atoms with E-state index in [2.05, 4.69) is 10.1 Å². The maximum absolute atomic E-state index is 14.1. The fourth-order valence-electron chi connectivity index (χ4n) is 6.15. The molecule has 2 fully saturated rings. The van der Waals surface area contributed by atoms with Gasteiger partial charge in [-0.15, -0.1) is 0 Å². The lowest BCUT2D eigenvalue weighted by molar-refractivity contribution is -0.152. The van der Waals surface area contributed by atoms with E-state index in [1.807, 2.05) is 54.0 Å². The maximum atomic E-state index is 14.1. The third-order valence-corrected chi connectivity index (χ3v) is 8.62. The molecule has 1 aromatic carbocycles. The first-order chi connectivity index (χ1) is 18.6. The van der Waals surface area contributed by atoms with Gasteiger partial charge in [0, 0.05) is 68.9 Å². The molecule has 2 aliphatic heterocycles. The maximum Gasteiger partial charge on any atom is 0.266 e. The molecule has 206 valence electrons. The highest BCUT2D eigenvalue weighted by Crippen LogP contribution is 2.43. The number of aryl methyl sites for hydroxylation is 1. The molecule has 0 radical (unpaired) electrons. The molecule has 5 atom stereocenters. The molecule has 0 spiro atoms. The number of carbonyl (C=O) groups is 1. The fourth-order valence-corrected chi connectivity index (χ4v) is 6.26. The Labute approximate surface area is 233 Å². The number of nitrogens with zero attached hydrogens (tertiary/aromatic N) is 5. The number of rotatable bonds is 5. The third kappa shape index (κ3) is 5.01. The first kappa shape index (κ1) is 27.1. The molecule has 0 aliphatic carbocycles. The highest BCUT2D eigenvalue weighted by molar-refractivity contribution is 6.30. The van der Waals surface area contributed by atoms with E-state index in [1.54, 1.807) is 32.5 Å². The fraction of sp³-hybridized carbons (Fsp3) is 0.448. The summed E-state index contributed by atoms with van der Waals surface area (Å²) in [7, 11) is 3.23. The van der Waals surface area contributed by atoms with Gasteiger partial charge in [0.15, 0.2) is 0 Å². The molecule has 10 heteroatoms. The molecule has 2 aromatic heterocycles. The van der Waals surface area contributed by atoms with Crippen molar-refractivity contribution in [2.24, 2.45) is 24.8 Å². The van der Waals surface area contributed by atoms with Crippen molar-refractivity contribution in [3.05, 3.63) is 81.4 Å². The number of aliphatic hydroxyl groups is 1. The summed E-state index contributed by atoms with van der Waals surface area (Å²) < 4.78 is 6.58. The number of anilines is 1. The van der Waals surface area contributed by atoms with Gasteiger partial charge >= 0.3 is 0 Å². The zero-order valence-corrected chi connectivity index (χ0v) is 23.4. The lowest BCUT2D eigenvalue weighted by Gasteiger charge is -2.48. The Bertz CT molecular complexity index is 1380. The lowest BCUT2D eigenvalue weighted by atomic mass is 9.70. The highest BCUT2D eigenvalue weighted by Gasteiger charge is 2.49. The zero-order valence-electron chi connectivity index (χ0n) is 22.6. The van der Waals surface area contributed by atoms with Gasteiger partial charge in [-0.1, -0.05) is 37.6 Å². The van der Waals surface area contributed by atoms with Gasteiger partial charge < -0.3 is 19.6 Å². The second kappa shape index (κ2) is 10.6. The number of halogens is 1. The number of aromatic nitrogens is 3. The van der Waals surface area contributed by atoms with Gasteiger partial charge in [0.2, 0.25) is 5.91 Å². The van der Waals surface area contributed by atoms with Gasteiger partial charge in [-0.25, -0.2) is 4.68 Å². The van der Waals surface area contributed by atoms with Crippen molar-refractivity contribution < 1.29 is 14.6 Å². The van der Waals surface area contributed by atoms with Crippen molar-refractivity contribution in [3.8, 4) is 5.75 Å². The number of benzene rings is 1. The van der Waals surface area contributed by atoms with Crippen molar-refractivity contribution in [2.75, 3.05) is 38.2 Å². The van der Waals surface area contributed by atoms with Crippen LogP contribution in [-0.2, 0) is 17.4 Å². The Balaban J connectivity index is 1.41. The number of amides is 1. The molecule has 1 amide bonds. The van der Waals surface area contributed by atoms with E-state index in [9.17, 15) is 14.7 Å². The van der Waals surface area contributed by atoms with E-state index in [0.717, 1.165) is 17.0 Å². The van der Waals surface area contributed by atoms with Crippen LogP contribution in [0.2, 0.25) is 5.02 Å². The van der Waals surface area contributed by atoms with E-state index in [1.165, 1.54) is 10.7 Å². The standard InChI is InChI=1S/C29H34ClN5O4/c1-18-14-35(15-19(2)29(18,38)20-5-8-22(39-4)9-6-20)28(37)24-17-34(26-11-12-27(36)33(3)32-26)16-23(24)25-10-7-21(30)13-31-25/h5-13,18-19,23-24,38H,14-17H2,1-4H3/t18-,19+,23-,24+,29?/m1/s1. The Kier molecular flexibility index (Phi) is 7.39. The summed E-state index contributed by atoms with van der Waals surface area (Å²) in [5.74, 6) is 0.476. The van der Waals surface area contributed by atoms with Gasteiger partial charge in [-0.3, -0.25) is 14.6 Å². The average Bonchev–Trinajstić information content (AvgIpc) is 3.38. The Hall–Kier alpha value is -3.43. The monoisotopic (exact) mass is 551 g/mol. The molecule has 5 rings (SSSR count). The lowest BCUT2D eigenvalue weighted by Crippen LogP contribution is -2.57. The summed E-state index contributed by atoms with van der Waals surface area (Å²) in [4.78, 5) is 34.5. The van der Waals surface area contributed by atoms with Crippen LogP contribution in [0.5, 0.6) is 5.75 Å². The molecule has 2 saturated heterocycles. The van der Waals surface area contributed by atoms with Crippen molar-refractivity contribution in [3.63, 3.8) is 0 Å². The highest BCUT2D eigenvalue weighted by atomic mass is 35.5. The molecule has 1 N–H and O–H groups in total. The van der Waals surface area contributed by atoms with Crippen LogP contribution < -0.4 is 15.2 Å². The number of hydrogen-bond donors (Lipinski definition) is 1. The predicted molar refractivity (Wildman–Crippen MR) is 149 cm³/mol. The molecule has 2 aliphatic rings. The van der Waals surface area contributed by atoms with Crippen molar-refractivity contribution in [1.29, 1.82) is 0 Å². The van der Waals surface area contributed by atoms with Gasteiger partial charge in [-0.05, 0) is 35.9 Å². The largest absolute Gasteiger partial charge is 0.497 e. The molecule has 4 heterocycles. The Morgan fingerprint density at radius 2 is 1.72 bits per heavy atom. The van der Waals surface area contributed by atoms with E-state index in [0.29, 0.717) is 37.0 Å². The molecule has 9 nitrogen and oxygen atoms in total. The molecular weight excluding hydrogens is 518 g/mol. The van der Waals surface area contributed by atoms with E-state index < -0.39 is 5.60 Å². The number of piperidine rings is 1. The second-order valence-electron chi connectivity index (χ2n) is 10.8. The first-order valence-corrected chi connectivity index (χ1v) is 13.6. The molecule has 39 heavy (non-hydrogen) atoms. The Morgan fingerprint density at radius 3 is 2.31 bits per heavy atom. The second-order valence-corrected chi connectivity index (χ2v) is 11.2. The van der Waals surface area contributed by atoms with Crippen LogP contribution in [0.4, 0.5) is 5.82 Å². The van der Waals surface area contributed by atoms with Crippen molar-refractivity contribution in [2.45, 2.75) is 25.4 Å². The molecule has 0 bridgehead atoms. The smallest absolute Gasteiger partial charge is 0.266 e. The van der Waals surface area contributed by atoms with Crippen LogP contribution in [0.3, 0.4) is 0 Å². The van der Waals surface area contributed by atoms with Gasteiger partial charge in [0.25, 0.3) is 5.56 Å². The van der Waals surface area contributed by atoms with Crippen LogP contribution in [0, 0.1) is 17.8 Å². The summed E-state index contributed by atoms with van der Waals surface area (Å²) in [6.07, 6.45) is 1.60. The molecule has 0 saturated carbocycles. The normalized spacial score (nSPS) is 27.0. The minimum atomic E-state index is -1.07. The van der Waals surface area contributed by atoms with E-state index >= 15 is 0 Å². The molecule has 1 unspecified atom stereocenters. The minimum absolute atomic E-state index is 0.0274.